The second-order valence-electron chi connectivity index (χ2n) is 6.75. The Balaban J connectivity index is 1.72. The molecule has 154 valence electrons. The minimum atomic E-state index is -3.87. The fourth-order valence-corrected chi connectivity index (χ4v) is 5.70. The first-order valence-corrected chi connectivity index (χ1v) is 12.0. The van der Waals surface area contributed by atoms with Crippen molar-refractivity contribution >= 4 is 32.4 Å². The molecular weight excluding hydrogens is 412 g/mol. The molecule has 2 amide bonds. The van der Waals surface area contributed by atoms with Crippen molar-refractivity contribution in [2.45, 2.75) is 14.7 Å². The average Bonchev–Trinajstić information content (AvgIpc) is 2.73. The van der Waals surface area contributed by atoms with E-state index >= 15 is 0 Å². The van der Waals surface area contributed by atoms with Crippen molar-refractivity contribution in [2.24, 2.45) is 9.50 Å². The van der Waals surface area contributed by atoms with E-state index in [4.69, 9.17) is 9.88 Å². The summed E-state index contributed by atoms with van der Waals surface area (Å²) in [6, 6.07) is 13.7. The van der Waals surface area contributed by atoms with Crippen LogP contribution in [0.5, 0.6) is 0 Å². The fraction of sp³-hybridized carbons (Fsp3) is 0.316. The summed E-state index contributed by atoms with van der Waals surface area (Å²) in [6.45, 7) is 4.18. The molecule has 2 aliphatic rings. The molecule has 1 unspecified atom stereocenters. The van der Waals surface area contributed by atoms with E-state index in [0.29, 0.717) is 36.9 Å². The Morgan fingerprint density at radius 2 is 1.79 bits per heavy atom. The van der Waals surface area contributed by atoms with Crippen molar-refractivity contribution in [2.75, 3.05) is 44.3 Å². The molecule has 0 aliphatic carbocycles. The number of ether oxygens (including phenoxy) is 1. The smallest absolute Gasteiger partial charge is 0.354 e. The van der Waals surface area contributed by atoms with Gasteiger partial charge in [-0.15, -0.1) is 0 Å². The number of rotatable bonds is 5. The van der Waals surface area contributed by atoms with Crippen LogP contribution in [0.1, 0.15) is 0 Å². The van der Waals surface area contributed by atoms with Crippen molar-refractivity contribution in [3.63, 3.8) is 0 Å². The Morgan fingerprint density at radius 1 is 1.07 bits per heavy atom. The highest BCUT2D eigenvalue weighted by atomic mass is 32.2. The summed E-state index contributed by atoms with van der Waals surface area (Å²) in [4.78, 5) is 18.3. The fourth-order valence-electron chi connectivity index (χ4n) is 3.34. The third kappa shape index (κ3) is 4.41. The molecule has 0 aromatic heterocycles. The Kier molecular flexibility index (Phi) is 5.79. The van der Waals surface area contributed by atoms with Gasteiger partial charge in [-0.1, -0.05) is 18.2 Å². The summed E-state index contributed by atoms with van der Waals surface area (Å²) in [5, 5.41) is 5.34. The summed E-state index contributed by atoms with van der Waals surface area (Å²) in [7, 11) is -4.77. The lowest BCUT2D eigenvalue weighted by Gasteiger charge is -2.32. The van der Waals surface area contributed by atoms with Crippen LogP contribution in [0.15, 0.2) is 67.6 Å². The molecule has 1 fully saturated rings. The van der Waals surface area contributed by atoms with Gasteiger partial charge in [0.25, 0.3) is 0 Å². The van der Waals surface area contributed by atoms with Gasteiger partial charge in [0.2, 0.25) is 10.0 Å². The molecule has 8 nitrogen and oxygen atoms in total. The van der Waals surface area contributed by atoms with Crippen LogP contribution in [-0.2, 0) is 25.5 Å². The first-order valence-electron chi connectivity index (χ1n) is 9.23. The highest BCUT2D eigenvalue weighted by Crippen LogP contribution is 2.35. The predicted octanol–water partition coefficient (Wildman–Crippen LogP) is 1.83. The summed E-state index contributed by atoms with van der Waals surface area (Å²) >= 11 is 0. The van der Waals surface area contributed by atoms with Crippen LogP contribution < -0.4 is 10.0 Å². The Hall–Kier alpha value is -2.11. The lowest BCUT2D eigenvalue weighted by Crippen LogP contribution is -2.43. The number of carbonyl (C=O) groups is 1. The number of morpholine rings is 1. The zero-order valence-electron chi connectivity index (χ0n) is 15.7. The van der Waals surface area contributed by atoms with Gasteiger partial charge in [0.05, 0.1) is 23.8 Å². The van der Waals surface area contributed by atoms with Crippen LogP contribution in [-0.4, -0.2) is 58.7 Å². The highest BCUT2D eigenvalue weighted by Gasteiger charge is 2.28. The van der Waals surface area contributed by atoms with Crippen molar-refractivity contribution in [1.29, 1.82) is 0 Å². The molecule has 29 heavy (non-hydrogen) atoms. The van der Waals surface area contributed by atoms with E-state index in [-0.39, 0.29) is 10.9 Å². The zero-order valence-corrected chi connectivity index (χ0v) is 17.4. The van der Waals surface area contributed by atoms with Gasteiger partial charge in [-0.25, -0.2) is 18.4 Å². The number of amides is 2. The number of fused-ring (bicyclic) bond motifs is 1. The Bertz CT molecular complexity index is 1050. The van der Waals surface area contributed by atoms with E-state index in [1.807, 2.05) is 30.3 Å². The molecule has 2 heterocycles. The number of anilines is 1. The second kappa shape index (κ2) is 8.33. The average molecular weight is 435 g/mol. The Labute approximate surface area is 172 Å². The van der Waals surface area contributed by atoms with Crippen molar-refractivity contribution in [3.8, 4) is 0 Å². The molecule has 1 atom stereocenters. The SMILES string of the molecule is NS(=O)(=O)c1ccc2c(c1)S(c1ccccc1)=NC(=O)N2CCN1CCOCC1. The van der Waals surface area contributed by atoms with Crippen LogP contribution in [0.2, 0.25) is 0 Å². The minimum Gasteiger partial charge on any atom is -0.379 e. The minimum absolute atomic E-state index is 0.0161. The van der Waals surface area contributed by atoms with E-state index < -0.39 is 20.7 Å². The molecule has 2 aliphatic heterocycles. The number of benzene rings is 2. The first kappa shape index (κ1) is 20.2. The molecule has 0 saturated carbocycles. The number of sulfonamides is 1. The number of nitrogens with two attached hydrogens (primary N) is 1. The summed E-state index contributed by atoms with van der Waals surface area (Å²) in [5.41, 5.74) is 0.679. The summed E-state index contributed by atoms with van der Waals surface area (Å²) in [6.07, 6.45) is 0. The second-order valence-corrected chi connectivity index (χ2v) is 9.98. The summed E-state index contributed by atoms with van der Waals surface area (Å²) in [5.74, 6) is 0. The third-order valence-electron chi connectivity index (χ3n) is 4.87. The largest absolute Gasteiger partial charge is 0.379 e. The summed E-state index contributed by atoms with van der Waals surface area (Å²) < 4.78 is 33.5. The topological polar surface area (TPSA) is 105 Å². The molecule has 10 heteroatoms. The normalized spacial score (nSPS) is 20.2. The van der Waals surface area contributed by atoms with Crippen LogP contribution in [0.3, 0.4) is 0 Å². The van der Waals surface area contributed by atoms with Gasteiger partial charge in [-0.2, -0.15) is 4.36 Å². The molecule has 2 aromatic rings. The molecule has 2 aromatic carbocycles. The van der Waals surface area contributed by atoms with Gasteiger partial charge in [-0.3, -0.25) is 9.80 Å². The van der Waals surface area contributed by atoms with Crippen LogP contribution >= 0.6 is 0 Å². The molecule has 0 radical (unpaired) electrons. The number of primary sulfonamides is 1. The van der Waals surface area contributed by atoms with Crippen LogP contribution in [0.25, 0.3) is 0 Å². The van der Waals surface area contributed by atoms with Crippen molar-refractivity contribution < 1.29 is 17.9 Å². The van der Waals surface area contributed by atoms with E-state index in [1.54, 1.807) is 17.0 Å². The molecule has 4 rings (SSSR count). The third-order valence-corrected chi connectivity index (χ3v) is 7.58. The van der Waals surface area contributed by atoms with E-state index in [2.05, 4.69) is 9.26 Å². The maximum absolute atomic E-state index is 12.9. The number of hydrogen-bond acceptors (Lipinski definition) is 5. The molecule has 0 spiro atoms. The van der Waals surface area contributed by atoms with Crippen LogP contribution in [0, 0.1) is 0 Å². The van der Waals surface area contributed by atoms with Gasteiger partial charge >= 0.3 is 6.03 Å². The zero-order chi connectivity index (χ0) is 20.4. The molecular formula is C19H22N4O4S2. The number of urea groups is 1. The predicted molar refractivity (Wildman–Crippen MR) is 111 cm³/mol. The molecule has 2 N–H and O–H groups in total. The lowest BCUT2D eigenvalue weighted by molar-refractivity contribution is 0.0393. The van der Waals surface area contributed by atoms with Crippen molar-refractivity contribution in [3.05, 3.63) is 48.5 Å². The Morgan fingerprint density at radius 3 is 2.48 bits per heavy atom. The van der Waals surface area contributed by atoms with E-state index in [9.17, 15) is 13.2 Å². The molecule has 1 saturated heterocycles. The van der Waals surface area contributed by atoms with Gasteiger partial charge in [-0.05, 0) is 41.0 Å². The van der Waals surface area contributed by atoms with Crippen molar-refractivity contribution in [1.82, 2.24) is 4.90 Å². The number of nitrogens with zero attached hydrogens (tertiary/aromatic N) is 3. The van der Waals surface area contributed by atoms with Gasteiger partial charge in [0.1, 0.15) is 0 Å². The number of carbonyl (C=O) groups excluding carboxylic acids is 1. The molecule has 0 bridgehead atoms. The lowest BCUT2D eigenvalue weighted by atomic mass is 10.2. The van der Waals surface area contributed by atoms with E-state index in [0.717, 1.165) is 18.0 Å². The van der Waals surface area contributed by atoms with Crippen LogP contribution in [0.4, 0.5) is 10.5 Å². The van der Waals surface area contributed by atoms with Gasteiger partial charge < -0.3 is 4.74 Å². The monoisotopic (exact) mass is 434 g/mol. The van der Waals surface area contributed by atoms with E-state index in [1.165, 1.54) is 6.07 Å². The standard InChI is InChI=1S/C19H22N4O4S2/c20-29(25,26)16-6-7-17-18(14-16)28(15-4-2-1-3-5-15)21-19(24)23(17)9-8-22-10-12-27-13-11-22/h1-7,14H,8-13H2,(H2,20,25,26). The number of hydrogen-bond donors (Lipinski definition) is 1. The quantitative estimate of drug-likeness (QED) is 0.773. The maximum atomic E-state index is 12.9. The first-order chi connectivity index (χ1) is 13.9. The maximum Gasteiger partial charge on any atom is 0.354 e. The van der Waals surface area contributed by atoms with Gasteiger partial charge in [0.15, 0.2) is 0 Å². The van der Waals surface area contributed by atoms with Gasteiger partial charge in [0, 0.05) is 36.0 Å². The highest BCUT2D eigenvalue weighted by molar-refractivity contribution is 7.89.